The quantitative estimate of drug-likeness (QED) is 0.365. The Morgan fingerprint density at radius 1 is 0.808 bits per heavy atom. The van der Waals surface area contributed by atoms with E-state index in [1.165, 1.54) is 0 Å². The Labute approximate surface area is 152 Å². The summed E-state index contributed by atoms with van der Waals surface area (Å²) < 4.78 is 79.0. The highest BCUT2D eigenvalue weighted by atomic mass is 32.3. The van der Waals surface area contributed by atoms with Gasteiger partial charge < -0.3 is 9.11 Å². The minimum Gasteiger partial charge on any atom is -0.722 e. The molecule has 0 aliphatic rings. The topological polar surface area (TPSA) is 132 Å². The van der Waals surface area contributed by atoms with Crippen LogP contribution in [-0.2, 0) is 48.2 Å². The Morgan fingerprint density at radius 2 is 1.04 bits per heavy atom. The minimum absolute atomic E-state index is 1.06. The van der Waals surface area contributed by atoms with E-state index in [0.717, 1.165) is 13.1 Å². The summed E-state index contributed by atoms with van der Waals surface area (Å²) in [4.78, 5) is 0. The van der Waals surface area contributed by atoms with Crippen LogP contribution in [0, 0.1) is 0 Å². The lowest BCUT2D eigenvalue weighted by molar-refractivity contribution is -0.671. The molecule has 2 aromatic rings. The third-order valence-corrected chi connectivity index (χ3v) is 2.38. The summed E-state index contributed by atoms with van der Waals surface area (Å²) in [6.07, 6.45) is 12.3. The Bertz CT molecular complexity index is 747. The van der Waals surface area contributed by atoms with Crippen molar-refractivity contribution >= 4 is 21.0 Å². The first-order chi connectivity index (χ1) is 11.7. The number of nitrogens with zero attached hydrogens (tertiary/aromatic N) is 4. The third kappa shape index (κ3) is 24.4. The number of aromatic nitrogens is 4. The molecule has 26 heavy (non-hydrogen) atoms. The molecule has 2 aromatic heterocycles. The summed E-state index contributed by atoms with van der Waals surface area (Å²) in [5.41, 5.74) is 0. The number of halogens is 2. The zero-order valence-corrected chi connectivity index (χ0v) is 16.3. The van der Waals surface area contributed by atoms with E-state index in [9.17, 15) is 7.77 Å². The van der Waals surface area contributed by atoms with E-state index in [4.69, 9.17) is 25.9 Å². The van der Waals surface area contributed by atoms with Gasteiger partial charge in [-0.15, -0.1) is 7.77 Å². The smallest absolute Gasteiger partial charge is 0.255 e. The lowest BCUT2D eigenvalue weighted by atomic mass is 10.7. The molecule has 2 rings (SSSR count). The largest absolute Gasteiger partial charge is 0.722 e. The van der Waals surface area contributed by atoms with Crippen molar-refractivity contribution in [3.63, 3.8) is 0 Å². The van der Waals surface area contributed by atoms with Gasteiger partial charge >= 0.3 is 0 Å². The standard InChI is InChI=1S/2C6H11N2.2FHO3S/c2*1-3-8-5-4-7(2)6-8;2*1-5(2,3)4/h2*4-6H,3H2,1-2H3;2*(H,2,3,4)/q2*+1;;/p-2. The molecule has 0 amide bonds. The maximum Gasteiger partial charge on any atom is 0.255 e. The van der Waals surface area contributed by atoms with Gasteiger partial charge in [-0.1, -0.05) is 0 Å². The molecule has 14 heteroatoms. The van der Waals surface area contributed by atoms with Gasteiger partial charge in [-0.3, -0.25) is 0 Å². The zero-order chi connectivity index (χ0) is 21.0. The van der Waals surface area contributed by atoms with Crippen LogP contribution in [0.1, 0.15) is 13.8 Å². The van der Waals surface area contributed by atoms with Crippen molar-refractivity contribution in [2.24, 2.45) is 14.1 Å². The second kappa shape index (κ2) is 12.5. The molecule has 0 aliphatic carbocycles. The van der Waals surface area contributed by atoms with Crippen LogP contribution in [0.4, 0.5) is 7.77 Å². The van der Waals surface area contributed by atoms with Crippen LogP contribution < -0.4 is 9.13 Å². The van der Waals surface area contributed by atoms with E-state index in [2.05, 4.69) is 48.0 Å². The molecule has 0 saturated carbocycles. The van der Waals surface area contributed by atoms with Crippen LogP contribution in [-0.4, -0.2) is 35.1 Å². The predicted octanol–water partition coefficient (Wildman–Crippen LogP) is -0.503. The van der Waals surface area contributed by atoms with E-state index >= 15 is 0 Å². The lowest BCUT2D eigenvalue weighted by Crippen LogP contribution is -2.23. The Hall–Kier alpha value is -1.90. The highest BCUT2D eigenvalue weighted by molar-refractivity contribution is 7.80. The van der Waals surface area contributed by atoms with E-state index in [1.807, 2.05) is 35.6 Å². The number of aryl methyl sites for hydroxylation is 4. The van der Waals surface area contributed by atoms with E-state index < -0.39 is 21.0 Å². The van der Waals surface area contributed by atoms with Crippen molar-refractivity contribution in [2.75, 3.05) is 0 Å². The molecule has 0 aliphatic heterocycles. The second-order valence-corrected chi connectivity index (χ2v) is 6.18. The first-order valence-electron chi connectivity index (χ1n) is 6.98. The zero-order valence-electron chi connectivity index (χ0n) is 14.7. The van der Waals surface area contributed by atoms with Crippen molar-refractivity contribution in [3.8, 4) is 0 Å². The average Bonchev–Trinajstić information content (AvgIpc) is 3.04. The molecule has 0 atom stereocenters. The number of hydrogen-bond acceptors (Lipinski definition) is 6. The van der Waals surface area contributed by atoms with Crippen molar-refractivity contribution < 1.29 is 42.8 Å². The molecule has 2 heterocycles. The molecule has 0 aromatic carbocycles. The van der Waals surface area contributed by atoms with Crippen LogP contribution in [0.3, 0.4) is 0 Å². The van der Waals surface area contributed by atoms with Crippen molar-refractivity contribution in [3.05, 3.63) is 37.4 Å². The van der Waals surface area contributed by atoms with Crippen LogP contribution in [0.5, 0.6) is 0 Å². The summed E-state index contributed by atoms with van der Waals surface area (Å²) in [5, 5.41) is 0. The Kier molecular flexibility index (Phi) is 12.6. The molecular weight excluding hydrogens is 398 g/mol. The number of hydrogen-bond donors (Lipinski definition) is 0. The fraction of sp³-hybridized carbons (Fsp3) is 0.500. The van der Waals surface area contributed by atoms with Gasteiger partial charge in [0.25, 0.3) is 21.0 Å². The van der Waals surface area contributed by atoms with Gasteiger partial charge in [0.1, 0.15) is 24.8 Å². The van der Waals surface area contributed by atoms with Crippen molar-refractivity contribution in [1.29, 1.82) is 0 Å². The fourth-order valence-electron chi connectivity index (χ4n) is 1.38. The minimum atomic E-state index is -5.42. The van der Waals surface area contributed by atoms with Gasteiger partial charge in [-0.05, 0) is 13.8 Å². The normalized spacial score (nSPS) is 10.5. The lowest BCUT2D eigenvalue weighted by Gasteiger charge is -1.84. The molecule has 10 nitrogen and oxygen atoms in total. The summed E-state index contributed by atoms with van der Waals surface area (Å²) in [6, 6.07) is 0. The van der Waals surface area contributed by atoms with Gasteiger partial charge in [0, 0.05) is 0 Å². The number of rotatable bonds is 2. The first-order valence-corrected chi connectivity index (χ1v) is 9.60. The van der Waals surface area contributed by atoms with Crippen LogP contribution in [0.15, 0.2) is 37.4 Å². The van der Waals surface area contributed by atoms with Crippen molar-refractivity contribution in [1.82, 2.24) is 9.13 Å². The van der Waals surface area contributed by atoms with E-state index in [-0.39, 0.29) is 0 Å². The second-order valence-electron chi connectivity index (χ2n) is 4.61. The molecule has 0 N–H and O–H groups in total. The highest BCUT2D eigenvalue weighted by Gasteiger charge is 1.93. The van der Waals surface area contributed by atoms with Crippen LogP contribution in [0.2, 0.25) is 0 Å². The maximum atomic E-state index is 10.1. The van der Waals surface area contributed by atoms with Gasteiger partial charge in [0.15, 0.2) is 0 Å². The van der Waals surface area contributed by atoms with E-state index in [1.54, 1.807) is 0 Å². The molecule has 0 saturated heterocycles. The SMILES string of the molecule is CCn1cc[n+](C)c1.CCn1cc[n+](C)c1.O=S(=O)([O-])F.O=S(=O)([O-])F. The maximum absolute atomic E-state index is 10.1. The van der Waals surface area contributed by atoms with Crippen molar-refractivity contribution in [2.45, 2.75) is 26.9 Å². The van der Waals surface area contributed by atoms with Crippen LogP contribution in [0.25, 0.3) is 0 Å². The molecule has 0 spiro atoms. The highest BCUT2D eigenvalue weighted by Crippen LogP contribution is 1.80. The van der Waals surface area contributed by atoms with Gasteiger partial charge in [-0.2, -0.15) is 0 Å². The summed E-state index contributed by atoms with van der Waals surface area (Å²) in [6.45, 7) is 6.36. The van der Waals surface area contributed by atoms with Crippen LogP contribution >= 0.6 is 0 Å². The molecule has 0 bridgehead atoms. The summed E-state index contributed by atoms with van der Waals surface area (Å²) in [7, 11) is -6.79. The van der Waals surface area contributed by atoms with E-state index in [0.29, 0.717) is 0 Å². The Balaban J connectivity index is 0. The monoisotopic (exact) mass is 420 g/mol. The molecule has 152 valence electrons. The fourth-order valence-corrected chi connectivity index (χ4v) is 1.38. The van der Waals surface area contributed by atoms with Gasteiger partial charge in [0.2, 0.25) is 12.7 Å². The summed E-state index contributed by atoms with van der Waals surface area (Å²) >= 11 is 0. The average molecular weight is 420 g/mol. The molecule has 0 unspecified atom stereocenters. The van der Waals surface area contributed by atoms with Gasteiger partial charge in [-0.25, -0.2) is 35.1 Å². The predicted molar refractivity (Wildman–Crippen MR) is 84.2 cm³/mol. The third-order valence-electron chi connectivity index (χ3n) is 2.38. The van der Waals surface area contributed by atoms with Gasteiger partial charge in [0.05, 0.1) is 27.2 Å². The number of imidazole rings is 2. The molecule has 0 fully saturated rings. The summed E-state index contributed by atoms with van der Waals surface area (Å²) in [5.74, 6) is 0. The first kappa shape index (κ1) is 26.3. The Morgan fingerprint density at radius 3 is 1.12 bits per heavy atom. The molecular formula is C12H22F2N4O6S2. The molecule has 0 radical (unpaired) electrons.